The molecule has 0 spiro atoms. The van der Waals surface area contributed by atoms with E-state index < -0.39 is 0 Å². The van der Waals surface area contributed by atoms with Gasteiger partial charge in [0.2, 0.25) is 16.9 Å². The Morgan fingerprint density at radius 2 is 2.04 bits per heavy atom. The quantitative estimate of drug-likeness (QED) is 0.703. The summed E-state index contributed by atoms with van der Waals surface area (Å²) in [6.45, 7) is 5.53. The maximum absolute atomic E-state index is 12.3. The predicted molar refractivity (Wildman–Crippen MR) is 91.4 cm³/mol. The summed E-state index contributed by atoms with van der Waals surface area (Å²) in [4.78, 5) is 26.0. The number of nitrogens with one attached hydrogen (secondary N) is 1. The summed E-state index contributed by atoms with van der Waals surface area (Å²) in [5, 5.41) is 12.5. The number of hydrogen-bond donors (Lipinski definition) is 1. The van der Waals surface area contributed by atoms with E-state index in [2.05, 4.69) is 29.4 Å². The molecule has 1 fully saturated rings. The topological polar surface area (TPSA) is 75.2 Å². The van der Waals surface area contributed by atoms with Crippen LogP contribution in [-0.4, -0.2) is 40.0 Å². The molecule has 1 aromatic rings. The van der Waals surface area contributed by atoms with E-state index in [1.54, 1.807) is 4.90 Å². The van der Waals surface area contributed by atoms with Crippen molar-refractivity contribution in [2.45, 2.75) is 58.8 Å². The lowest BCUT2D eigenvalue weighted by Gasteiger charge is -2.15. The van der Waals surface area contributed by atoms with Crippen LogP contribution in [0, 0.1) is 5.92 Å². The van der Waals surface area contributed by atoms with Crippen molar-refractivity contribution in [2.75, 3.05) is 18.4 Å². The maximum Gasteiger partial charge on any atom is 0.231 e. The van der Waals surface area contributed by atoms with Crippen molar-refractivity contribution in [1.82, 2.24) is 15.1 Å². The van der Waals surface area contributed by atoms with Crippen molar-refractivity contribution in [3.8, 4) is 0 Å². The first-order valence-electron chi connectivity index (χ1n) is 8.55. The number of nitrogens with zero attached hydrogens (tertiary/aromatic N) is 3. The van der Waals surface area contributed by atoms with Gasteiger partial charge in [0.25, 0.3) is 0 Å². The van der Waals surface area contributed by atoms with E-state index in [-0.39, 0.29) is 17.7 Å². The number of rotatable bonds is 9. The van der Waals surface area contributed by atoms with E-state index in [1.165, 1.54) is 24.2 Å². The average molecular weight is 338 g/mol. The Kier molecular flexibility index (Phi) is 6.95. The molecule has 1 N–H and O–H groups in total. The monoisotopic (exact) mass is 338 g/mol. The Balaban J connectivity index is 1.81. The molecule has 2 heterocycles. The minimum absolute atomic E-state index is 0.0797. The lowest BCUT2D eigenvalue weighted by atomic mass is 10.1. The molecular weight excluding hydrogens is 312 g/mol. The Hall–Kier alpha value is -1.50. The standard InChI is InChI=1S/C16H26N4O2S/c1-3-5-7-8-13-18-19-16(23-13)17-15(22)12-10-14(21)20(11-12)9-6-4-2/h12H,3-11H2,1-2H3,(H,17,19,22)/t12-/m0/s1. The fourth-order valence-electron chi connectivity index (χ4n) is 2.65. The van der Waals surface area contributed by atoms with E-state index in [0.717, 1.165) is 37.2 Å². The Bertz CT molecular complexity index is 532. The molecule has 7 heteroatoms. The van der Waals surface area contributed by atoms with E-state index in [9.17, 15) is 9.59 Å². The first-order chi connectivity index (χ1) is 11.1. The fourth-order valence-corrected chi connectivity index (χ4v) is 3.44. The molecule has 2 amide bonds. The molecule has 2 rings (SSSR count). The SMILES string of the molecule is CCCCCc1nnc(NC(=O)[C@H]2CC(=O)N(CCCC)C2)s1. The second kappa shape index (κ2) is 8.96. The number of unbranched alkanes of at least 4 members (excludes halogenated alkanes) is 3. The lowest BCUT2D eigenvalue weighted by molar-refractivity contribution is -0.128. The van der Waals surface area contributed by atoms with E-state index in [0.29, 0.717) is 18.1 Å². The summed E-state index contributed by atoms with van der Waals surface area (Å²) in [5.41, 5.74) is 0. The molecule has 1 aliphatic heterocycles. The maximum atomic E-state index is 12.3. The minimum Gasteiger partial charge on any atom is -0.342 e. The average Bonchev–Trinajstić information content (AvgIpc) is 3.12. The minimum atomic E-state index is -0.271. The highest BCUT2D eigenvalue weighted by Crippen LogP contribution is 2.22. The lowest BCUT2D eigenvalue weighted by Crippen LogP contribution is -2.29. The summed E-state index contributed by atoms with van der Waals surface area (Å²) in [6, 6.07) is 0. The third-order valence-electron chi connectivity index (χ3n) is 4.06. The molecule has 1 saturated heterocycles. The van der Waals surface area contributed by atoms with Crippen LogP contribution in [0.5, 0.6) is 0 Å². The zero-order valence-corrected chi connectivity index (χ0v) is 14.8. The highest BCUT2D eigenvalue weighted by molar-refractivity contribution is 7.15. The Morgan fingerprint density at radius 1 is 1.26 bits per heavy atom. The van der Waals surface area contributed by atoms with Gasteiger partial charge in [0.1, 0.15) is 5.01 Å². The first-order valence-corrected chi connectivity index (χ1v) is 9.36. The molecule has 0 saturated carbocycles. The highest BCUT2D eigenvalue weighted by Gasteiger charge is 2.34. The van der Waals surface area contributed by atoms with E-state index in [4.69, 9.17) is 0 Å². The zero-order valence-electron chi connectivity index (χ0n) is 14.0. The third kappa shape index (κ3) is 5.27. The van der Waals surface area contributed by atoms with Gasteiger partial charge < -0.3 is 10.2 Å². The second-order valence-corrected chi connectivity index (χ2v) is 7.10. The van der Waals surface area contributed by atoms with Gasteiger partial charge >= 0.3 is 0 Å². The summed E-state index contributed by atoms with van der Waals surface area (Å²) in [7, 11) is 0. The van der Waals surface area contributed by atoms with Crippen LogP contribution in [0.3, 0.4) is 0 Å². The van der Waals surface area contributed by atoms with Gasteiger partial charge in [-0.1, -0.05) is 44.4 Å². The van der Waals surface area contributed by atoms with Gasteiger partial charge in [-0.25, -0.2) is 0 Å². The van der Waals surface area contributed by atoms with Crippen LogP contribution in [0.15, 0.2) is 0 Å². The molecule has 1 aliphatic rings. The summed E-state index contributed by atoms with van der Waals surface area (Å²) in [6.07, 6.45) is 6.70. The molecule has 23 heavy (non-hydrogen) atoms. The number of hydrogen-bond acceptors (Lipinski definition) is 5. The van der Waals surface area contributed by atoms with Crippen LogP contribution in [0.1, 0.15) is 57.4 Å². The van der Waals surface area contributed by atoms with Gasteiger partial charge in [0.15, 0.2) is 0 Å². The summed E-state index contributed by atoms with van der Waals surface area (Å²) >= 11 is 1.43. The largest absolute Gasteiger partial charge is 0.342 e. The van der Waals surface area contributed by atoms with Crippen molar-refractivity contribution >= 4 is 28.3 Å². The fraction of sp³-hybridized carbons (Fsp3) is 0.750. The van der Waals surface area contributed by atoms with Crippen molar-refractivity contribution < 1.29 is 9.59 Å². The summed E-state index contributed by atoms with van der Waals surface area (Å²) < 4.78 is 0. The number of carbonyl (C=O) groups excluding carboxylic acids is 2. The van der Waals surface area contributed by atoms with Crippen molar-refractivity contribution in [3.05, 3.63) is 5.01 Å². The second-order valence-electron chi connectivity index (χ2n) is 6.04. The number of anilines is 1. The van der Waals surface area contributed by atoms with E-state index in [1.807, 2.05) is 0 Å². The van der Waals surface area contributed by atoms with Gasteiger partial charge in [-0.15, -0.1) is 10.2 Å². The molecular formula is C16H26N4O2S. The molecule has 128 valence electrons. The van der Waals surface area contributed by atoms with Gasteiger partial charge in [-0.2, -0.15) is 0 Å². The first kappa shape index (κ1) is 17.8. The highest BCUT2D eigenvalue weighted by atomic mass is 32.1. The van der Waals surface area contributed by atoms with Gasteiger partial charge in [0, 0.05) is 25.9 Å². The molecule has 6 nitrogen and oxygen atoms in total. The predicted octanol–water partition coefficient (Wildman–Crippen LogP) is 2.86. The van der Waals surface area contributed by atoms with Gasteiger partial charge in [-0.05, 0) is 12.8 Å². The Labute approximate surface area is 141 Å². The molecule has 1 atom stereocenters. The van der Waals surface area contributed by atoms with Crippen LogP contribution >= 0.6 is 11.3 Å². The van der Waals surface area contributed by atoms with Gasteiger partial charge in [-0.3, -0.25) is 9.59 Å². The van der Waals surface area contributed by atoms with Crippen LogP contribution in [0.4, 0.5) is 5.13 Å². The Morgan fingerprint density at radius 3 is 2.78 bits per heavy atom. The van der Waals surface area contributed by atoms with E-state index >= 15 is 0 Å². The van der Waals surface area contributed by atoms with Crippen LogP contribution < -0.4 is 5.32 Å². The van der Waals surface area contributed by atoms with Gasteiger partial charge in [0.05, 0.1) is 5.92 Å². The number of aryl methyl sites for hydroxylation is 1. The number of aromatic nitrogens is 2. The number of likely N-dealkylation sites (tertiary alicyclic amines) is 1. The molecule has 0 aromatic carbocycles. The van der Waals surface area contributed by atoms with Crippen molar-refractivity contribution in [3.63, 3.8) is 0 Å². The van der Waals surface area contributed by atoms with Crippen LogP contribution in [-0.2, 0) is 16.0 Å². The van der Waals surface area contributed by atoms with Crippen molar-refractivity contribution in [1.29, 1.82) is 0 Å². The smallest absolute Gasteiger partial charge is 0.231 e. The van der Waals surface area contributed by atoms with Crippen LogP contribution in [0.2, 0.25) is 0 Å². The van der Waals surface area contributed by atoms with Crippen molar-refractivity contribution in [2.24, 2.45) is 5.92 Å². The third-order valence-corrected chi connectivity index (χ3v) is 4.96. The summed E-state index contributed by atoms with van der Waals surface area (Å²) in [5.74, 6) is -0.309. The normalized spacial score (nSPS) is 17.7. The molecule has 0 bridgehead atoms. The molecule has 1 aromatic heterocycles. The molecule has 0 radical (unpaired) electrons. The zero-order chi connectivity index (χ0) is 16.7. The number of amides is 2. The molecule has 0 unspecified atom stereocenters. The number of carbonyl (C=O) groups is 2. The van der Waals surface area contributed by atoms with Crippen LogP contribution in [0.25, 0.3) is 0 Å². The molecule has 0 aliphatic carbocycles.